The van der Waals surface area contributed by atoms with Crippen LogP contribution < -0.4 is 5.32 Å². The number of hydrogen-bond acceptors (Lipinski definition) is 5. The smallest absolute Gasteiger partial charge is 0.310 e. The average Bonchev–Trinajstić information content (AvgIpc) is 2.48. The number of nitrogens with one attached hydrogen (secondary N) is 1. The Hall–Kier alpha value is -1.95. The number of rotatable bonds is 5. The summed E-state index contributed by atoms with van der Waals surface area (Å²) in [5, 5.41) is 13.9. The largest absolute Gasteiger partial charge is 0.459 e. The van der Waals surface area contributed by atoms with Gasteiger partial charge in [0.2, 0.25) is 0 Å². The Balaban J connectivity index is 1.92. The van der Waals surface area contributed by atoms with Gasteiger partial charge in [0.15, 0.2) is 0 Å². The zero-order valence-corrected chi connectivity index (χ0v) is 13.0. The number of hydrogen-bond donors (Lipinski definition) is 1. The van der Waals surface area contributed by atoms with Crippen LogP contribution in [0.2, 0.25) is 0 Å². The van der Waals surface area contributed by atoms with E-state index in [1.807, 2.05) is 13.8 Å². The Morgan fingerprint density at radius 3 is 2.45 bits per heavy atom. The van der Waals surface area contributed by atoms with Gasteiger partial charge in [-0.15, -0.1) is 0 Å². The van der Waals surface area contributed by atoms with Gasteiger partial charge in [-0.1, -0.05) is 12.1 Å². The fourth-order valence-corrected chi connectivity index (χ4v) is 2.83. The van der Waals surface area contributed by atoms with Crippen LogP contribution in [0, 0.1) is 16.0 Å². The standard InChI is InChI=1S/C16H22N2O4/c1-16(2,13-7-9-17-10-8-13)22-15(19)11-12-3-5-14(6-4-12)18(20)21/h3-6,13,17H,7-11H2,1-2H3. The van der Waals surface area contributed by atoms with Crippen molar-refractivity contribution in [3.8, 4) is 0 Å². The molecule has 0 radical (unpaired) electrons. The van der Waals surface area contributed by atoms with Crippen LogP contribution in [0.1, 0.15) is 32.3 Å². The van der Waals surface area contributed by atoms with Crippen molar-refractivity contribution >= 4 is 11.7 Å². The summed E-state index contributed by atoms with van der Waals surface area (Å²) in [4.78, 5) is 22.3. The number of non-ortho nitro benzene ring substituents is 1. The van der Waals surface area contributed by atoms with Gasteiger partial charge in [-0.05, 0) is 45.3 Å². The van der Waals surface area contributed by atoms with Gasteiger partial charge in [0.05, 0.1) is 11.3 Å². The van der Waals surface area contributed by atoms with E-state index in [2.05, 4.69) is 5.32 Å². The SMILES string of the molecule is CC(C)(OC(=O)Cc1ccc([N+](=O)[O-])cc1)C1CCNCC1. The van der Waals surface area contributed by atoms with E-state index < -0.39 is 10.5 Å². The van der Waals surface area contributed by atoms with E-state index >= 15 is 0 Å². The Morgan fingerprint density at radius 2 is 1.91 bits per heavy atom. The van der Waals surface area contributed by atoms with Crippen LogP contribution in [0.4, 0.5) is 5.69 Å². The first-order chi connectivity index (χ1) is 10.4. The van der Waals surface area contributed by atoms with E-state index in [4.69, 9.17) is 4.74 Å². The molecule has 1 aromatic rings. The second-order valence-electron chi connectivity index (χ2n) is 6.20. The van der Waals surface area contributed by atoms with Gasteiger partial charge in [0.25, 0.3) is 5.69 Å². The van der Waals surface area contributed by atoms with Crippen LogP contribution in [0.3, 0.4) is 0 Å². The minimum absolute atomic E-state index is 0.0205. The maximum absolute atomic E-state index is 12.1. The molecule has 1 heterocycles. The minimum atomic E-state index is -0.486. The van der Waals surface area contributed by atoms with Crippen LogP contribution in [0.15, 0.2) is 24.3 Å². The van der Waals surface area contributed by atoms with Crippen LogP contribution in [-0.2, 0) is 16.0 Å². The summed E-state index contributed by atoms with van der Waals surface area (Å²) in [6, 6.07) is 6.00. The number of nitro groups is 1. The molecule has 0 unspecified atom stereocenters. The number of ether oxygens (including phenoxy) is 1. The lowest BCUT2D eigenvalue weighted by Crippen LogP contribution is -2.43. The monoisotopic (exact) mass is 306 g/mol. The molecule has 0 atom stereocenters. The molecule has 1 aliphatic rings. The molecule has 0 aliphatic carbocycles. The molecule has 1 aromatic carbocycles. The number of nitrogens with zero attached hydrogens (tertiary/aromatic N) is 1. The highest BCUT2D eigenvalue weighted by Gasteiger charge is 2.34. The highest BCUT2D eigenvalue weighted by molar-refractivity contribution is 5.73. The summed E-state index contributed by atoms with van der Waals surface area (Å²) in [6.07, 6.45) is 2.13. The van der Waals surface area contributed by atoms with Gasteiger partial charge in [0, 0.05) is 18.1 Å². The molecule has 0 amide bonds. The van der Waals surface area contributed by atoms with E-state index in [0.717, 1.165) is 31.5 Å². The molecule has 0 bridgehead atoms. The van der Waals surface area contributed by atoms with Crippen LogP contribution in [-0.4, -0.2) is 29.6 Å². The number of nitro benzene ring substituents is 1. The molecule has 0 saturated carbocycles. The molecule has 22 heavy (non-hydrogen) atoms. The van der Waals surface area contributed by atoms with E-state index in [1.165, 1.54) is 12.1 Å². The van der Waals surface area contributed by atoms with Crippen molar-refractivity contribution in [3.63, 3.8) is 0 Å². The summed E-state index contributed by atoms with van der Waals surface area (Å²) >= 11 is 0. The van der Waals surface area contributed by atoms with Crippen molar-refractivity contribution in [3.05, 3.63) is 39.9 Å². The second kappa shape index (κ2) is 6.87. The molecule has 0 spiro atoms. The Bertz CT molecular complexity index is 534. The van der Waals surface area contributed by atoms with E-state index in [1.54, 1.807) is 12.1 Å². The molecule has 1 N–H and O–H groups in total. The molecule has 1 aliphatic heterocycles. The van der Waals surface area contributed by atoms with Gasteiger partial charge in [0.1, 0.15) is 5.60 Å². The van der Waals surface area contributed by atoms with Gasteiger partial charge < -0.3 is 10.1 Å². The Morgan fingerprint density at radius 1 is 1.32 bits per heavy atom. The van der Waals surface area contributed by atoms with E-state index in [9.17, 15) is 14.9 Å². The van der Waals surface area contributed by atoms with Gasteiger partial charge >= 0.3 is 5.97 Å². The second-order valence-corrected chi connectivity index (χ2v) is 6.20. The Labute approximate surface area is 130 Å². The third-order valence-electron chi connectivity index (χ3n) is 4.19. The molecule has 120 valence electrons. The van der Waals surface area contributed by atoms with Crippen molar-refractivity contribution in [2.24, 2.45) is 5.92 Å². The summed E-state index contributed by atoms with van der Waals surface area (Å²) in [5.41, 5.74) is 0.254. The van der Waals surface area contributed by atoms with E-state index in [-0.39, 0.29) is 18.1 Å². The maximum Gasteiger partial charge on any atom is 0.310 e. The normalized spacial score (nSPS) is 16.3. The van der Waals surface area contributed by atoms with Crippen molar-refractivity contribution in [2.45, 2.75) is 38.7 Å². The lowest BCUT2D eigenvalue weighted by Gasteiger charge is -2.36. The molecule has 6 nitrogen and oxygen atoms in total. The fourth-order valence-electron chi connectivity index (χ4n) is 2.83. The van der Waals surface area contributed by atoms with Gasteiger partial charge in [-0.3, -0.25) is 14.9 Å². The lowest BCUT2D eigenvalue weighted by atomic mass is 9.83. The first-order valence-corrected chi connectivity index (χ1v) is 7.54. The van der Waals surface area contributed by atoms with Crippen molar-refractivity contribution < 1.29 is 14.5 Å². The highest BCUT2D eigenvalue weighted by atomic mass is 16.6. The fraction of sp³-hybridized carbons (Fsp3) is 0.562. The molecule has 1 saturated heterocycles. The van der Waals surface area contributed by atoms with Crippen molar-refractivity contribution in [2.75, 3.05) is 13.1 Å². The minimum Gasteiger partial charge on any atom is -0.459 e. The van der Waals surface area contributed by atoms with Crippen LogP contribution >= 0.6 is 0 Å². The van der Waals surface area contributed by atoms with Gasteiger partial charge in [-0.2, -0.15) is 0 Å². The first-order valence-electron chi connectivity index (χ1n) is 7.54. The van der Waals surface area contributed by atoms with Gasteiger partial charge in [-0.25, -0.2) is 0 Å². The average molecular weight is 306 g/mol. The molecular formula is C16H22N2O4. The van der Waals surface area contributed by atoms with Crippen molar-refractivity contribution in [1.29, 1.82) is 0 Å². The summed E-state index contributed by atoms with van der Waals surface area (Å²) < 4.78 is 5.66. The third kappa shape index (κ3) is 4.27. The summed E-state index contributed by atoms with van der Waals surface area (Å²) in [5.74, 6) is 0.0620. The number of piperidine rings is 1. The number of esters is 1. The van der Waals surface area contributed by atoms with Crippen molar-refractivity contribution in [1.82, 2.24) is 5.32 Å². The predicted octanol–water partition coefficient (Wildman–Crippen LogP) is 2.46. The summed E-state index contributed by atoms with van der Waals surface area (Å²) in [7, 11) is 0. The van der Waals surface area contributed by atoms with E-state index in [0.29, 0.717) is 5.92 Å². The molecular weight excluding hydrogens is 284 g/mol. The van der Waals surface area contributed by atoms with Crippen LogP contribution in [0.25, 0.3) is 0 Å². The first kappa shape index (κ1) is 16.4. The number of carbonyl (C=O) groups excluding carboxylic acids is 1. The highest BCUT2D eigenvalue weighted by Crippen LogP contribution is 2.29. The zero-order chi connectivity index (χ0) is 16.2. The quantitative estimate of drug-likeness (QED) is 0.513. The predicted molar refractivity (Wildman–Crippen MR) is 82.6 cm³/mol. The van der Waals surface area contributed by atoms with Crippen LogP contribution in [0.5, 0.6) is 0 Å². The zero-order valence-electron chi connectivity index (χ0n) is 13.0. The lowest BCUT2D eigenvalue weighted by molar-refractivity contribution is -0.384. The molecule has 0 aromatic heterocycles. The topological polar surface area (TPSA) is 81.5 Å². The number of benzene rings is 1. The Kier molecular flexibility index (Phi) is 5.13. The molecule has 2 rings (SSSR count). The molecule has 6 heteroatoms. The maximum atomic E-state index is 12.1. The molecule has 1 fully saturated rings. The summed E-state index contributed by atoms with van der Waals surface area (Å²) in [6.45, 7) is 5.81. The number of carbonyl (C=O) groups is 1. The third-order valence-corrected chi connectivity index (χ3v) is 4.19.